The highest BCUT2D eigenvalue weighted by atomic mass is 16.5. The fourth-order valence-corrected chi connectivity index (χ4v) is 4.25. The second-order valence-corrected chi connectivity index (χ2v) is 7.87. The molecule has 1 aliphatic rings. The van der Waals surface area contributed by atoms with E-state index in [4.69, 9.17) is 9.47 Å². The zero-order chi connectivity index (χ0) is 21.4. The Bertz CT molecular complexity index is 792. The molecule has 162 valence electrons. The van der Waals surface area contributed by atoms with Crippen LogP contribution in [0, 0.1) is 0 Å². The molecule has 0 aliphatic heterocycles. The van der Waals surface area contributed by atoms with Gasteiger partial charge in [-0.3, -0.25) is 4.79 Å². The fourth-order valence-electron chi connectivity index (χ4n) is 4.25. The van der Waals surface area contributed by atoms with Crippen LogP contribution in [0.1, 0.15) is 45.1 Å². The second kappa shape index (κ2) is 10.5. The molecule has 0 radical (unpaired) electrons. The largest absolute Gasteiger partial charge is 0.497 e. The molecule has 1 saturated carbocycles. The van der Waals surface area contributed by atoms with Crippen molar-refractivity contribution >= 4 is 11.6 Å². The second-order valence-electron chi connectivity index (χ2n) is 7.87. The smallest absolute Gasteiger partial charge is 0.235 e. The summed E-state index contributed by atoms with van der Waals surface area (Å²) in [5.74, 6) is 1.70. The molecule has 1 N–H and O–H groups in total. The molecule has 0 spiro atoms. The summed E-state index contributed by atoms with van der Waals surface area (Å²) in [7, 11) is 1.66. The van der Waals surface area contributed by atoms with Crippen molar-refractivity contribution in [2.45, 2.75) is 44.9 Å². The van der Waals surface area contributed by atoms with Crippen LogP contribution in [0.4, 0.5) is 5.69 Å². The highest BCUT2D eigenvalue weighted by molar-refractivity contribution is 5.99. The van der Waals surface area contributed by atoms with Gasteiger partial charge < -0.3 is 19.7 Å². The summed E-state index contributed by atoms with van der Waals surface area (Å²) in [6.45, 7) is 7.94. The Labute approximate surface area is 180 Å². The molecule has 0 unspecified atom stereocenters. The molecule has 0 aromatic heterocycles. The van der Waals surface area contributed by atoms with Crippen molar-refractivity contribution in [2.75, 3.05) is 38.7 Å². The number of likely N-dealkylation sites (N-methyl/N-ethyl adjacent to an activating group) is 1. The van der Waals surface area contributed by atoms with Gasteiger partial charge in [-0.15, -0.1) is 0 Å². The number of amides is 1. The minimum Gasteiger partial charge on any atom is -0.497 e. The van der Waals surface area contributed by atoms with Gasteiger partial charge in [0.2, 0.25) is 5.91 Å². The monoisotopic (exact) mass is 410 g/mol. The van der Waals surface area contributed by atoms with Crippen LogP contribution in [0.15, 0.2) is 48.5 Å². The lowest BCUT2D eigenvalue weighted by molar-refractivity contribution is -0.121. The summed E-state index contributed by atoms with van der Waals surface area (Å²) in [6.07, 6.45) is 3.88. The standard InChI is InChI=1S/C25H34N2O3/c1-4-27(5-2)18-19-30-23-14-10-21(11-15-23)26-24(28)25(16-6-7-17-25)20-8-12-22(29-3)13-9-20/h8-15H,4-7,16-19H2,1-3H3,(H,26,28). The molecule has 30 heavy (non-hydrogen) atoms. The van der Waals surface area contributed by atoms with E-state index in [1.54, 1.807) is 7.11 Å². The van der Waals surface area contributed by atoms with Gasteiger partial charge in [0.05, 0.1) is 12.5 Å². The Morgan fingerprint density at radius 1 is 0.967 bits per heavy atom. The molecule has 0 heterocycles. The number of hydrogen-bond donors (Lipinski definition) is 1. The molecule has 0 atom stereocenters. The third-order valence-electron chi connectivity index (χ3n) is 6.22. The minimum absolute atomic E-state index is 0.0698. The van der Waals surface area contributed by atoms with Crippen LogP contribution in [0.5, 0.6) is 11.5 Å². The summed E-state index contributed by atoms with van der Waals surface area (Å²) >= 11 is 0. The molecule has 3 rings (SSSR count). The normalized spacial score (nSPS) is 15.2. The van der Waals surface area contributed by atoms with E-state index in [2.05, 4.69) is 24.1 Å². The van der Waals surface area contributed by atoms with Gasteiger partial charge in [-0.25, -0.2) is 0 Å². The molecular weight excluding hydrogens is 376 g/mol. The number of benzene rings is 2. The van der Waals surface area contributed by atoms with Crippen LogP contribution in [-0.2, 0) is 10.2 Å². The third kappa shape index (κ3) is 5.14. The van der Waals surface area contributed by atoms with E-state index in [9.17, 15) is 4.79 Å². The van der Waals surface area contributed by atoms with Gasteiger partial charge in [0.15, 0.2) is 0 Å². The van der Waals surface area contributed by atoms with Crippen molar-refractivity contribution < 1.29 is 14.3 Å². The first-order valence-corrected chi connectivity index (χ1v) is 11.0. The van der Waals surface area contributed by atoms with Gasteiger partial charge in [-0.2, -0.15) is 0 Å². The summed E-state index contributed by atoms with van der Waals surface area (Å²) in [5, 5.41) is 3.14. The number of rotatable bonds is 10. The molecular formula is C25H34N2O3. The number of anilines is 1. The zero-order valence-corrected chi connectivity index (χ0v) is 18.4. The Kier molecular flexibility index (Phi) is 7.75. The van der Waals surface area contributed by atoms with Gasteiger partial charge >= 0.3 is 0 Å². The van der Waals surface area contributed by atoms with Gasteiger partial charge in [-0.05, 0) is 67.9 Å². The zero-order valence-electron chi connectivity index (χ0n) is 18.4. The van der Waals surface area contributed by atoms with Gasteiger partial charge in [0.1, 0.15) is 18.1 Å². The first-order chi connectivity index (χ1) is 14.6. The maximum atomic E-state index is 13.3. The summed E-state index contributed by atoms with van der Waals surface area (Å²) in [6, 6.07) is 15.6. The van der Waals surface area contributed by atoms with Gasteiger partial charge in [0.25, 0.3) is 0 Å². The molecule has 2 aromatic rings. The predicted molar refractivity (Wildman–Crippen MR) is 121 cm³/mol. The van der Waals surface area contributed by atoms with Crippen LogP contribution in [0.3, 0.4) is 0 Å². The van der Waals surface area contributed by atoms with E-state index in [0.29, 0.717) is 6.61 Å². The molecule has 1 aliphatic carbocycles. The van der Waals surface area contributed by atoms with E-state index in [1.807, 2.05) is 48.5 Å². The Morgan fingerprint density at radius 2 is 1.57 bits per heavy atom. The summed E-state index contributed by atoms with van der Waals surface area (Å²) in [4.78, 5) is 15.6. The van der Waals surface area contributed by atoms with E-state index in [0.717, 1.165) is 68.1 Å². The number of carbonyl (C=O) groups excluding carboxylic acids is 1. The molecule has 0 saturated heterocycles. The van der Waals surface area contributed by atoms with Crippen molar-refractivity contribution in [2.24, 2.45) is 0 Å². The van der Waals surface area contributed by atoms with Crippen molar-refractivity contribution in [1.29, 1.82) is 0 Å². The van der Waals surface area contributed by atoms with Crippen LogP contribution in [0.25, 0.3) is 0 Å². The Morgan fingerprint density at radius 3 is 2.13 bits per heavy atom. The first-order valence-electron chi connectivity index (χ1n) is 11.0. The van der Waals surface area contributed by atoms with Crippen LogP contribution in [-0.4, -0.2) is 44.2 Å². The molecule has 1 fully saturated rings. The lowest BCUT2D eigenvalue weighted by atomic mass is 9.78. The molecule has 5 nitrogen and oxygen atoms in total. The highest BCUT2D eigenvalue weighted by Crippen LogP contribution is 2.42. The number of methoxy groups -OCH3 is 1. The molecule has 1 amide bonds. The topological polar surface area (TPSA) is 50.8 Å². The van der Waals surface area contributed by atoms with Crippen molar-refractivity contribution in [1.82, 2.24) is 4.90 Å². The highest BCUT2D eigenvalue weighted by Gasteiger charge is 2.42. The summed E-state index contributed by atoms with van der Waals surface area (Å²) < 4.78 is 11.1. The van der Waals surface area contributed by atoms with Crippen LogP contribution in [0.2, 0.25) is 0 Å². The fraction of sp³-hybridized carbons (Fsp3) is 0.480. The average molecular weight is 411 g/mol. The summed E-state index contributed by atoms with van der Waals surface area (Å²) in [5.41, 5.74) is 1.40. The number of ether oxygens (including phenoxy) is 2. The molecule has 0 bridgehead atoms. The van der Waals surface area contributed by atoms with E-state index >= 15 is 0 Å². The van der Waals surface area contributed by atoms with Crippen molar-refractivity contribution in [3.8, 4) is 11.5 Å². The maximum absolute atomic E-state index is 13.3. The number of carbonyl (C=O) groups is 1. The van der Waals surface area contributed by atoms with Crippen molar-refractivity contribution in [3.05, 3.63) is 54.1 Å². The lowest BCUT2D eigenvalue weighted by Gasteiger charge is -2.28. The quantitative estimate of drug-likeness (QED) is 0.607. The maximum Gasteiger partial charge on any atom is 0.235 e. The Hall–Kier alpha value is -2.53. The number of nitrogens with zero attached hydrogens (tertiary/aromatic N) is 1. The lowest BCUT2D eigenvalue weighted by Crippen LogP contribution is -2.37. The van der Waals surface area contributed by atoms with Crippen LogP contribution >= 0.6 is 0 Å². The molecule has 2 aromatic carbocycles. The predicted octanol–water partition coefficient (Wildman–Crippen LogP) is 4.87. The van der Waals surface area contributed by atoms with Crippen molar-refractivity contribution in [3.63, 3.8) is 0 Å². The SMILES string of the molecule is CCN(CC)CCOc1ccc(NC(=O)C2(c3ccc(OC)cc3)CCCC2)cc1. The third-order valence-corrected chi connectivity index (χ3v) is 6.22. The average Bonchev–Trinajstić information content (AvgIpc) is 3.29. The minimum atomic E-state index is -0.467. The Balaban J connectivity index is 1.63. The first kappa shape index (κ1) is 22.2. The number of hydrogen-bond acceptors (Lipinski definition) is 4. The van der Waals surface area contributed by atoms with Crippen LogP contribution < -0.4 is 14.8 Å². The van der Waals surface area contributed by atoms with E-state index < -0.39 is 5.41 Å². The van der Waals surface area contributed by atoms with E-state index in [-0.39, 0.29) is 5.91 Å². The molecule has 5 heteroatoms. The van der Waals surface area contributed by atoms with Gasteiger partial charge in [-0.1, -0.05) is 38.8 Å². The number of nitrogens with one attached hydrogen (secondary N) is 1. The van der Waals surface area contributed by atoms with E-state index in [1.165, 1.54) is 0 Å². The van der Waals surface area contributed by atoms with Gasteiger partial charge in [0, 0.05) is 12.2 Å².